The second-order valence-electron chi connectivity index (χ2n) is 5.00. The van der Waals surface area contributed by atoms with Crippen LogP contribution in [0, 0.1) is 5.92 Å². The molecule has 1 aliphatic heterocycles. The second-order valence-corrected chi connectivity index (χ2v) is 5.92. The molecule has 1 aromatic heterocycles. The van der Waals surface area contributed by atoms with Crippen LogP contribution < -0.4 is 5.32 Å². The van der Waals surface area contributed by atoms with E-state index in [-0.39, 0.29) is 24.8 Å². The van der Waals surface area contributed by atoms with E-state index < -0.39 is 0 Å². The first-order valence-corrected chi connectivity index (χ1v) is 7.19. The predicted molar refractivity (Wildman–Crippen MR) is 86.3 cm³/mol. The van der Waals surface area contributed by atoms with E-state index in [4.69, 9.17) is 0 Å². The Kier molecular flexibility index (Phi) is 7.05. The molecule has 6 heteroatoms. The minimum atomic E-state index is 0. The van der Waals surface area contributed by atoms with Gasteiger partial charge in [-0.05, 0) is 46.3 Å². The van der Waals surface area contributed by atoms with Gasteiger partial charge < -0.3 is 5.32 Å². The summed E-state index contributed by atoms with van der Waals surface area (Å²) in [5, 5.41) is 3.43. The number of hydrogen-bond acceptors (Lipinski definition) is 3. The molecule has 1 aromatic rings. The van der Waals surface area contributed by atoms with Crippen LogP contribution in [0.25, 0.3) is 0 Å². The van der Waals surface area contributed by atoms with E-state index in [1.807, 2.05) is 12.4 Å². The molecular weight excluding hydrogens is 349 g/mol. The summed E-state index contributed by atoms with van der Waals surface area (Å²) in [6.07, 6.45) is 6.66. The third-order valence-electron chi connectivity index (χ3n) is 3.68. The summed E-state index contributed by atoms with van der Waals surface area (Å²) in [6.45, 7) is 4.55. The van der Waals surface area contributed by atoms with Gasteiger partial charge in [0, 0.05) is 49.1 Å². The number of hydrogen-bond donors (Lipinski definition) is 1. The number of pyridine rings is 1. The van der Waals surface area contributed by atoms with Crippen molar-refractivity contribution in [1.82, 2.24) is 15.2 Å². The lowest BCUT2D eigenvalue weighted by atomic mass is 10.0. The van der Waals surface area contributed by atoms with E-state index in [2.05, 4.69) is 37.2 Å². The largest absolute Gasteiger partial charge is 0.314 e. The van der Waals surface area contributed by atoms with Gasteiger partial charge in [0.1, 0.15) is 0 Å². The fourth-order valence-electron chi connectivity index (χ4n) is 2.74. The molecule has 19 heavy (non-hydrogen) atoms. The molecule has 1 saturated carbocycles. The van der Waals surface area contributed by atoms with E-state index in [1.165, 1.54) is 18.4 Å². The van der Waals surface area contributed by atoms with E-state index in [1.54, 1.807) is 0 Å². The minimum absolute atomic E-state index is 0. The third-order valence-corrected chi connectivity index (χ3v) is 4.11. The average molecular weight is 369 g/mol. The summed E-state index contributed by atoms with van der Waals surface area (Å²) < 4.78 is 1.09. The van der Waals surface area contributed by atoms with Gasteiger partial charge in [0.25, 0.3) is 0 Å². The van der Waals surface area contributed by atoms with Crippen molar-refractivity contribution in [1.29, 1.82) is 0 Å². The molecule has 2 aliphatic rings. The lowest BCUT2D eigenvalue weighted by Gasteiger charge is -2.35. The van der Waals surface area contributed by atoms with Crippen LogP contribution in [0.4, 0.5) is 0 Å². The zero-order valence-corrected chi connectivity index (χ0v) is 13.9. The molecule has 0 spiro atoms. The SMILES string of the molecule is Brc1cncc([C@@H](C2CC2)N2CCNCC2)c1.Cl.Cl. The van der Waals surface area contributed by atoms with Gasteiger partial charge in [-0.1, -0.05) is 0 Å². The maximum atomic E-state index is 4.32. The zero-order valence-electron chi connectivity index (χ0n) is 10.7. The van der Waals surface area contributed by atoms with Crippen molar-refractivity contribution in [3.8, 4) is 0 Å². The van der Waals surface area contributed by atoms with Crippen molar-refractivity contribution in [3.63, 3.8) is 0 Å². The number of rotatable bonds is 3. The van der Waals surface area contributed by atoms with Crippen LogP contribution in [-0.2, 0) is 0 Å². The van der Waals surface area contributed by atoms with Crippen LogP contribution >= 0.6 is 40.7 Å². The van der Waals surface area contributed by atoms with Gasteiger partial charge >= 0.3 is 0 Å². The molecule has 2 fully saturated rings. The molecule has 0 aromatic carbocycles. The van der Waals surface area contributed by atoms with E-state index in [9.17, 15) is 0 Å². The maximum absolute atomic E-state index is 4.32. The van der Waals surface area contributed by atoms with Crippen LogP contribution in [0.1, 0.15) is 24.4 Å². The monoisotopic (exact) mass is 367 g/mol. The van der Waals surface area contributed by atoms with Crippen molar-refractivity contribution in [3.05, 3.63) is 28.5 Å². The van der Waals surface area contributed by atoms with Crippen molar-refractivity contribution in [2.24, 2.45) is 5.92 Å². The van der Waals surface area contributed by atoms with E-state index in [0.717, 1.165) is 36.6 Å². The average Bonchev–Trinajstić information content (AvgIpc) is 3.15. The number of nitrogens with zero attached hydrogens (tertiary/aromatic N) is 2. The minimum Gasteiger partial charge on any atom is -0.314 e. The summed E-state index contributed by atoms with van der Waals surface area (Å²) in [7, 11) is 0. The summed E-state index contributed by atoms with van der Waals surface area (Å²) in [6, 6.07) is 2.82. The van der Waals surface area contributed by atoms with Gasteiger partial charge in [-0.25, -0.2) is 0 Å². The van der Waals surface area contributed by atoms with E-state index >= 15 is 0 Å². The molecule has 1 N–H and O–H groups in total. The van der Waals surface area contributed by atoms with Crippen LogP contribution in [0.5, 0.6) is 0 Å². The first kappa shape index (κ1) is 17.2. The highest BCUT2D eigenvalue weighted by molar-refractivity contribution is 9.10. The fourth-order valence-corrected chi connectivity index (χ4v) is 3.13. The molecule has 0 amide bonds. The van der Waals surface area contributed by atoms with Gasteiger partial charge in [-0.3, -0.25) is 9.88 Å². The highest BCUT2D eigenvalue weighted by Crippen LogP contribution is 2.44. The number of nitrogens with one attached hydrogen (secondary N) is 1. The Bertz CT molecular complexity index is 395. The standard InChI is InChI=1S/C13H18BrN3.2ClH/c14-12-7-11(8-16-9-12)13(10-1-2-10)17-5-3-15-4-6-17;;/h7-10,13,15H,1-6H2;2*1H/t13-;;/m1../s1. The highest BCUT2D eigenvalue weighted by Gasteiger charge is 2.36. The third kappa shape index (κ3) is 4.30. The molecule has 1 saturated heterocycles. The number of aromatic nitrogens is 1. The van der Waals surface area contributed by atoms with Gasteiger partial charge in [0.15, 0.2) is 0 Å². The van der Waals surface area contributed by atoms with Crippen LogP contribution in [0.2, 0.25) is 0 Å². The van der Waals surface area contributed by atoms with Gasteiger partial charge in [-0.2, -0.15) is 0 Å². The first-order chi connectivity index (χ1) is 8.34. The molecule has 3 nitrogen and oxygen atoms in total. The summed E-state index contributed by atoms with van der Waals surface area (Å²) in [5.41, 5.74) is 1.38. The summed E-state index contributed by atoms with van der Waals surface area (Å²) >= 11 is 3.53. The molecular formula is C13H20BrCl2N3. The van der Waals surface area contributed by atoms with Crippen LogP contribution in [-0.4, -0.2) is 36.1 Å². The Labute approximate surface area is 135 Å². The Morgan fingerprint density at radius 1 is 1.21 bits per heavy atom. The molecule has 1 atom stereocenters. The first-order valence-electron chi connectivity index (χ1n) is 6.40. The predicted octanol–water partition coefficient (Wildman–Crippen LogP) is 3.04. The molecule has 0 bridgehead atoms. The van der Waals surface area contributed by atoms with Crippen LogP contribution in [0.15, 0.2) is 22.9 Å². The lowest BCUT2D eigenvalue weighted by Crippen LogP contribution is -2.45. The Hall–Kier alpha value is 0.130. The Balaban J connectivity index is 0.000000902. The Morgan fingerprint density at radius 3 is 2.47 bits per heavy atom. The normalized spacial score (nSPS) is 21.1. The lowest BCUT2D eigenvalue weighted by molar-refractivity contribution is 0.156. The van der Waals surface area contributed by atoms with Crippen molar-refractivity contribution >= 4 is 40.7 Å². The molecule has 0 unspecified atom stereocenters. The summed E-state index contributed by atoms with van der Waals surface area (Å²) in [4.78, 5) is 6.94. The van der Waals surface area contributed by atoms with Crippen molar-refractivity contribution in [2.75, 3.05) is 26.2 Å². The van der Waals surface area contributed by atoms with Gasteiger partial charge in [0.2, 0.25) is 0 Å². The fraction of sp³-hybridized carbons (Fsp3) is 0.615. The molecule has 3 rings (SSSR count). The van der Waals surface area contributed by atoms with E-state index in [0.29, 0.717) is 6.04 Å². The topological polar surface area (TPSA) is 28.2 Å². The highest BCUT2D eigenvalue weighted by atomic mass is 79.9. The summed E-state index contributed by atoms with van der Waals surface area (Å²) in [5.74, 6) is 0.851. The van der Waals surface area contributed by atoms with Gasteiger partial charge in [-0.15, -0.1) is 24.8 Å². The Morgan fingerprint density at radius 2 is 1.89 bits per heavy atom. The molecule has 0 radical (unpaired) electrons. The second kappa shape index (κ2) is 7.79. The molecule has 1 aliphatic carbocycles. The van der Waals surface area contributed by atoms with Crippen LogP contribution in [0.3, 0.4) is 0 Å². The maximum Gasteiger partial charge on any atom is 0.0410 e. The zero-order chi connectivity index (χ0) is 11.7. The molecule has 2 heterocycles. The smallest absolute Gasteiger partial charge is 0.0410 e. The quantitative estimate of drug-likeness (QED) is 0.888. The van der Waals surface area contributed by atoms with Crippen molar-refractivity contribution < 1.29 is 0 Å². The molecule has 108 valence electrons. The number of piperazine rings is 1. The van der Waals surface area contributed by atoms with Gasteiger partial charge in [0.05, 0.1) is 0 Å². The van der Waals surface area contributed by atoms with Crippen molar-refractivity contribution in [2.45, 2.75) is 18.9 Å². The number of halogens is 3.